The molecule has 0 atom stereocenters. The van der Waals surface area contributed by atoms with Crippen molar-refractivity contribution in [3.63, 3.8) is 0 Å². The number of nitro groups is 1. The monoisotopic (exact) mass is 255 g/mol. The van der Waals surface area contributed by atoms with Crippen LogP contribution in [0.5, 0.6) is 0 Å². The van der Waals surface area contributed by atoms with Gasteiger partial charge in [0.25, 0.3) is 5.69 Å². The zero-order chi connectivity index (χ0) is 13.5. The molecule has 0 aliphatic rings. The highest BCUT2D eigenvalue weighted by atomic mass is 19.1. The summed E-state index contributed by atoms with van der Waals surface area (Å²) in [5, 5.41) is 13.5. The molecule has 1 aromatic rings. The van der Waals surface area contributed by atoms with Crippen LogP contribution >= 0.6 is 0 Å². The highest BCUT2D eigenvalue weighted by Gasteiger charge is 2.13. The summed E-state index contributed by atoms with van der Waals surface area (Å²) < 4.78 is 13.0. The number of unbranched alkanes of at least 4 members (excludes halogenated alkanes) is 1. The second-order valence-corrected chi connectivity index (χ2v) is 3.77. The molecule has 0 aliphatic heterocycles. The van der Waals surface area contributed by atoms with Crippen LogP contribution < -0.4 is 11.1 Å². The Labute approximate surface area is 103 Å². The number of halogens is 1. The summed E-state index contributed by atoms with van der Waals surface area (Å²) >= 11 is 0. The van der Waals surface area contributed by atoms with Gasteiger partial charge in [0, 0.05) is 25.1 Å². The molecular weight excluding hydrogens is 241 g/mol. The van der Waals surface area contributed by atoms with Crippen molar-refractivity contribution in [2.75, 3.05) is 11.9 Å². The summed E-state index contributed by atoms with van der Waals surface area (Å²) in [6.45, 7) is 0.414. The molecule has 6 nitrogen and oxygen atoms in total. The Hall–Kier alpha value is -2.18. The van der Waals surface area contributed by atoms with E-state index in [-0.39, 0.29) is 23.7 Å². The number of amides is 1. The van der Waals surface area contributed by atoms with Gasteiger partial charge in [-0.25, -0.2) is 4.39 Å². The fourth-order valence-corrected chi connectivity index (χ4v) is 1.46. The van der Waals surface area contributed by atoms with Crippen LogP contribution in [0.4, 0.5) is 15.8 Å². The molecule has 0 bridgehead atoms. The van der Waals surface area contributed by atoms with Crippen molar-refractivity contribution in [2.24, 2.45) is 5.73 Å². The summed E-state index contributed by atoms with van der Waals surface area (Å²) in [4.78, 5) is 20.6. The fraction of sp³-hybridized carbons (Fsp3) is 0.364. The lowest BCUT2D eigenvalue weighted by Crippen LogP contribution is -2.11. The number of nitrogens with two attached hydrogens (primary N) is 1. The summed E-state index contributed by atoms with van der Waals surface area (Å²) in [7, 11) is 0. The van der Waals surface area contributed by atoms with Crippen LogP contribution in [-0.4, -0.2) is 17.4 Å². The topological polar surface area (TPSA) is 98.3 Å². The Bertz CT molecular complexity index is 451. The highest BCUT2D eigenvalue weighted by molar-refractivity contribution is 5.73. The third-order valence-electron chi connectivity index (χ3n) is 2.32. The summed E-state index contributed by atoms with van der Waals surface area (Å²) in [5.41, 5.74) is 4.93. The van der Waals surface area contributed by atoms with Crippen LogP contribution in [0.2, 0.25) is 0 Å². The van der Waals surface area contributed by atoms with Gasteiger partial charge in [0.15, 0.2) is 0 Å². The lowest BCUT2D eigenvalue weighted by atomic mass is 10.2. The number of carbonyl (C=O) groups excluding carboxylic acids is 1. The molecule has 0 radical (unpaired) electrons. The quantitative estimate of drug-likeness (QED) is 0.441. The predicted octanol–water partition coefficient (Wildman–Crippen LogP) is 1.80. The Morgan fingerprint density at radius 2 is 2.17 bits per heavy atom. The number of nitrogens with zero attached hydrogens (tertiary/aromatic N) is 1. The van der Waals surface area contributed by atoms with Crippen molar-refractivity contribution in [3.8, 4) is 0 Å². The first-order valence-corrected chi connectivity index (χ1v) is 5.47. The van der Waals surface area contributed by atoms with E-state index in [0.717, 1.165) is 18.2 Å². The minimum Gasteiger partial charge on any atom is -0.379 e. The lowest BCUT2D eigenvalue weighted by molar-refractivity contribution is -0.384. The summed E-state index contributed by atoms with van der Waals surface area (Å²) in [6.07, 6.45) is 1.48. The maximum atomic E-state index is 13.0. The number of carbonyl (C=O) groups is 1. The number of rotatable bonds is 7. The standard InChI is InChI=1S/C11H14FN3O3/c12-8-4-5-10(15(17)18)9(7-8)14-6-2-1-3-11(13)16/h4-5,7,14H,1-3,6H2,(H2,13,16). The van der Waals surface area contributed by atoms with Crippen molar-refractivity contribution in [1.82, 2.24) is 0 Å². The van der Waals surface area contributed by atoms with Gasteiger partial charge < -0.3 is 11.1 Å². The van der Waals surface area contributed by atoms with Gasteiger partial charge in [-0.1, -0.05) is 0 Å². The maximum absolute atomic E-state index is 13.0. The van der Waals surface area contributed by atoms with Gasteiger partial charge in [0.05, 0.1) is 4.92 Å². The lowest BCUT2D eigenvalue weighted by Gasteiger charge is -2.06. The Balaban J connectivity index is 2.53. The average Bonchev–Trinajstić information content (AvgIpc) is 2.27. The molecule has 3 N–H and O–H groups in total. The van der Waals surface area contributed by atoms with Gasteiger partial charge >= 0.3 is 0 Å². The van der Waals surface area contributed by atoms with Gasteiger partial charge in [-0.3, -0.25) is 14.9 Å². The van der Waals surface area contributed by atoms with Gasteiger partial charge in [-0.2, -0.15) is 0 Å². The minimum absolute atomic E-state index is 0.138. The molecule has 18 heavy (non-hydrogen) atoms. The van der Waals surface area contributed by atoms with E-state index in [0.29, 0.717) is 19.4 Å². The van der Waals surface area contributed by atoms with Crippen LogP contribution in [0.3, 0.4) is 0 Å². The second-order valence-electron chi connectivity index (χ2n) is 3.77. The Kier molecular flexibility index (Phi) is 5.04. The molecule has 0 spiro atoms. The van der Waals surface area contributed by atoms with E-state index in [4.69, 9.17) is 5.73 Å². The molecule has 0 aromatic heterocycles. The zero-order valence-electron chi connectivity index (χ0n) is 9.69. The van der Waals surface area contributed by atoms with Crippen LogP contribution in [-0.2, 0) is 4.79 Å². The van der Waals surface area contributed by atoms with E-state index in [1.807, 2.05) is 0 Å². The first-order chi connectivity index (χ1) is 8.50. The normalized spacial score (nSPS) is 10.1. The van der Waals surface area contributed by atoms with Crippen molar-refractivity contribution >= 4 is 17.3 Å². The second kappa shape index (κ2) is 6.53. The van der Waals surface area contributed by atoms with E-state index in [9.17, 15) is 19.3 Å². The number of nitrogens with one attached hydrogen (secondary N) is 1. The zero-order valence-corrected chi connectivity index (χ0v) is 9.69. The maximum Gasteiger partial charge on any atom is 0.292 e. The minimum atomic E-state index is -0.578. The third kappa shape index (κ3) is 4.36. The number of benzene rings is 1. The Morgan fingerprint density at radius 3 is 2.78 bits per heavy atom. The van der Waals surface area contributed by atoms with E-state index in [1.54, 1.807) is 0 Å². The van der Waals surface area contributed by atoms with Gasteiger partial charge in [0.1, 0.15) is 11.5 Å². The molecular formula is C11H14FN3O3. The molecule has 0 aliphatic carbocycles. The smallest absolute Gasteiger partial charge is 0.292 e. The summed E-state index contributed by atoms with van der Waals surface area (Å²) in [6, 6.07) is 3.23. The largest absolute Gasteiger partial charge is 0.379 e. The molecule has 1 amide bonds. The molecule has 98 valence electrons. The number of hydrogen-bond acceptors (Lipinski definition) is 4. The van der Waals surface area contributed by atoms with Crippen LogP contribution in [0, 0.1) is 15.9 Å². The van der Waals surface area contributed by atoms with Crippen LogP contribution in [0.1, 0.15) is 19.3 Å². The molecule has 0 unspecified atom stereocenters. The van der Waals surface area contributed by atoms with Crippen LogP contribution in [0.15, 0.2) is 18.2 Å². The first-order valence-electron chi connectivity index (χ1n) is 5.47. The van der Waals surface area contributed by atoms with Crippen molar-refractivity contribution in [3.05, 3.63) is 34.1 Å². The van der Waals surface area contributed by atoms with Crippen LogP contribution in [0.25, 0.3) is 0 Å². The molecule has 7 heteroatoms. The Morgan fingerprint density at radius 1 is 1.44 bits per heavy atom. The molecule has 0 saturated carbocycles. The van der Waals surface area contributed by atoms with Gasteiger partial charge in [-0.15, -0.1) is 0 Å². The SMILES string of the molecule is NC(=O)CCCCNc1cc(F)ccc1[N+](=O)[O-]. The highest BCUT2D eigenvalue weighted by Crippen LogP contribution is 2.24. The van der Waals surface area contributed by atoms with E-state index in [1.165, 1.54) is 0 Å². The molecule has 0 saturated heterocycles. The average molecular weight is 255 g/mol. The number of nitro benzene ring substituents is 1. The molecule has 0 fully saturated rings. The molecule has 1 rings (SSSR count). The van der Waals surface area contributed by atoms with Gasteiger partial charge in [-0.05, 0) is 18.9 Å². The van der Waals surface area contributed by atoms with Crippen molar-refractivity contribution in [1.29, 1.82) is 0 Å². The molecule has 0 heterocycles. The van der Waals surface area contributed by atoms with Crippen molar-refractivity contribution < 1.29 is 14.1 Å². The first kappa shape index (κ1) is 13.9. The number of hydrogen-bond donors (Lipinski definition) is 2. The van der Waals surface area contributed by atoms with Crippen molar-refractivity contribution in [2.45, 2.75) is 19.3 Å². The van der Waals surface area contributed by atoms with E-state index >= 15 is 0 Å². The number of anilines is 1. The van der Waals surface area contributed by atoms with E-state index < -0.39 is 10.7 Å². The number of primary amides is 1. The molecule has 1 aromatic carbocycles. The fourth-order valence-electron chi connectivity index (χ4n) is 1.46. The van der Waals surface area contributed by atoms with Gasteiger partial charge in [0.2, 0.25) is 5.91 Å². The third-order valence-corrected chi connectivity index (χ3v) is 2.32. The van der Waals surface area contributed by atoms with E-state index in [2.05, 4.69) is 5.32 Å². The summed E-state index contributed by atoms with van der Waals surface area (Å²) in [5.74, 6) is -0.924. The predicted molar refractivity (Wildman–Crippen MR) is 64.6 cm³/mol.